The molecule has 0 bridgehead atoms. The second-order valence-electron chi connectivity index (χ2n) is 3.88. The summed E-state index contributed by atoms with van der Waals surface area (Å²) in [6.45, 7) is -3.34. The van der Waals surface area contributed by atoms with E-state index in [1.165, 1.54) is 12.1 Å². The first kappa shape index (κ1) is 13.5. The number of carbonyl (C=O) groups is 1. The second-order valence-corrected chi connectivity index (χ2v) is 5.78. The number of hydrogen-bond acceptors (Lipinski definition) is 4. The van der Waals surface area contributed by atoms with Gasteiger partial charge >= 0.3 is 6.61 Å². The van der Waals surface area contributed by atoms with Crippen molar-refractivity contribution in [2.24, 2.45) is 0 Å². The van der Waals surface area contributed by atoms with Crippen molar-refractivity contribution in [3.63, 3.8) is 0 Å². The van der Waals surface area contributed by atoms with Gasteiger partial charge in [-0.15, -0.1) is 0 Å². The molecule has 0 aromatic heterocycles. The molecule has 0 atom stereocenters. The molecule has 19 heavy (non-hydrogen) atoms. The fourth-order valence-electron chi connectivity index (χ4n) is 1.71. The summed E-state index contributed by atoms with van der Waals surface area (Å²) >= 11 is 0. The Morgan fingerprint density at radius 3 is 2.68 bits per heavy atom. The van der Waals surface area contributed by atoms with Crippen LogP contribution in [0, 0.1) is 0 Å². The lowest BCUT2D eigenvalue weighted by atomic mass is 10.2. The van der Waals surface area contributed by atoms with Gasteiger partial charge in [0.1, 0.15) is 12.3 Å². The van der Waals surface area contributed by atoms with Crippen LogP contribution in [0.25, 0.3) is 0 Å². The predicted molar refractivity (Wildman–Crippen MR) is 63.9 cm³/mol. The predicted octanol–water partition coefficient (Wildman–Crippen LogP) is 1.01. The average molecular weight is 292 g/mol. The standard InChI is InChI=1S/C10H10F2N2O4S/c1-19(16,17)14-5-9(15)13-7-4-6(18-10(11)12)2-3-8(7)14/h2-4,10H,5H2,1H3,(H,13,15). The van der Waals surface area contributed by atoms with E-state index in [0.717, 1.165) is 16.6 Å². The van der Waals surface area contributed by atoms with E-state index >= 15 is 0 Å². The molecule has 0 aliphatic carbocycles. The summed E-state index contributed by atoms with van der Waals surface area (Å²) in [5.74, 6) is -0.712. The number of hydrogen-bond donors (Lipinski definition) is 1. The lowest BCUT2D eigenvalue weighted by Gasteiger charge is -2.29. The van der Waals surface area contributed by atoms with Crippen molar-refractivity contribution >= 4 is 27.3 Å². The van der Waals surface area contributed by atoms with E-state index in [9.17, 15) is 22.0 Å². The molecule has 2 rings (SSSR count). The molecule has 1 N–H and O–H groups in total. The minimum atomic E-state index is -3.62. The van der Waals surface area contributed by atoms with E-state index in [-0.39, 0.29) is 23.7 Å². The highest BCUT2D eigenvalue weighted by Gasteiger charge is 2.28. The second kappa shape index (κ2) is 4.65. The number of anilines is 2. The number of rotatable bonds is 3. The first-order valence-corrected chi connectivity index (χ1v) is 6.98. The number of halogens is 2. The number of ether oxygens (including phenoxy) is 1. The van der Waals surface area contributed by atoms with E-state index in [1.807, 2.05) is 0 Å². The Kier molecular flexibility index (Phi) is 3.31. The maximum atomic E-state index is 12.1. The topological polar surface area (TPSA) is 75.7 Å². The summed E-state index contributed by atoms with van der Waals surface area (Å²) in [7, 11) is -3.62. The highest BCUT2D eigenvalue weighted by Crippen LogP contribution is 2.34. The third-order valence-electron chi connectivity index (χ3n) is 2.42. The molecule has 0 radical (unpaired) electrons. The summed E-state index contributed by atoms with van der Waals surface area (Å²) in [5.41, 5.74) is 0.323. The molecule has 104 valence electrons. The zero-order valence-electron chi connectivity index (χ0n) is 9.76. The van der Waals surface area contributed by atoms with Gasteiger partial charge in [0, 0.05) is 6.07 Å². The molecule has 1 aromatic carbocycles. The number of fused-ring (bicyclic) bond motifs is 1. The lowest BCUT2D eigenvalue weighted by Crippen LogP contribution is -2.41. The fraction of sp³-hybridized carbons (Fsp3) is 0.300. The number of amides is 1. The minimum absolute atomic E-state index is 0.111. The van der Waals surface area contributed by atoms with Crippen LogP contribution in [0.1, 0.15) is 0 Å². The highest BCUT2D eigenvalue weighted by molar-refractivity contribution is 7.92. The van der Waals surface area contributed by atoms with Crippen molar-refractivity contribution in [3.05, 3.63) is 18.2 Å². The number of benzene rings is 1. The first-order valence-electron chi connectivity index (χ1n) is 5.14. The zero-order chi connectivity index (χ0) is 14.2. The van der Waals surface area contributed by atoms with Gasteiger partial charge in [-0.1, -0.05) is 0 Å². The number of nitrogens with zero attached hydrogens (tertiary/aromatic N) is 1. The van der Waals surface area contributed by atoms with Gasteiger partial charge < -0.3 is 10.1 Å². The Bertz CT molecular complexity index is 618. The molecule has 1 aromatic rings. The summed E-state index contributed by atoms with van der Waals surface area (Å²) in [4.78, 5) is 11.4. The van der Waals surface area contributed by atoms with Gasteiger partial charge in [0.05, 0.1) is 17.6 Å². The van der Waals surface area contributed by atoms with Crippen LogP contribution in [0.15, 0.2) is 18.2 Å². The quantitative estimate of drug-likeness (QED) is 0.902. The van der Waals surface area contributed by atoms with Crippen LogP contribution in [-0.2, 0) is 14.8 Å². The molecular formula is C10H10F2N2O4S. The molecular weight excluding hydrogens is 282 g/mol. The van der Waals surface area contributed by atoms with Gasteiger partial charge in [-0.05, 0) is 12.1 Å². The van der Waals surface area contributed by atoms with Gasteiger partial charge in [0.15, 0.2) is 0 Å². The molecule has 0 saturated heterocycles. The van der Waals surface area contributed by atoms with Crippen LogP contribution in [0.3, 0.4) is 0 Å². The maximum Gasteiger partial charge on any atom is 0.387 e. The number of nitrogens with one attached hydrogen (secondary N) is 1. The molecule has 6 nitrogen and oxygen atoms in total. The molecule has 0 spiro atoms. The van der Waals surface area contributed by atoms with Crippen LogP contribution in [-0.4, -0.2) is 33.7 Å². The van der Waals surface area contributed by atoms with Crippen molar-refractivity contribution in [1.29, 1.82) is 0 Å². The van der Waals surface area contributed by atoms with Crippen molar-refractivity contribution in [2.45, 2.75) is 6.61 Å². The van der Waals surface area contributed by atoms with Gasteiger partial charge in [-0.25, -0.2) is 8.42 Å². The Balaban J connectivity index is 2.44. The smallest absolute Gasteiger partial charge is 0.387 e. The van der Waals surface area contributed by atoms with Crippen LogP contribution < -0.4 is 14.4 Å². The molecule has 1 aliphatic heterocycles. The van der Waals surface area contributed by atoms with Crippen LogP contribution in [0.4, 0.5) is 20.2 Å². The Hall–Kier alpha value is -1.90. The molecule has 1 amide bonds. The first-order chi connectivity index (χ1) is 8.77. The Labute approximate surface area is 108 Å². The molecule has 1 heterocycles. The molecule has 0 fully saturated rings. The van der Waals surface area contributed by atoms with Gasteiger partial charge in [-0.2, -0.15) is 8.78 Å². The van der Waals surface area contributed by atoms with Crippen molar-refractivity contribution < 1.29 is 26.7 Å². The Morgan fingerprint density at radius 2 is 2.11 bits per heavy atom. The normalized spacial score (nSPS) is 15.2. The van der Waals surface area contributed by atoms with E-state index in [0.29, 0.717) is 0 Å². The van der Waals surface area contributed by atoms with Gasteiger partial charge in [-0.3, -0.25) is 9.10 Å². The molecule has 0 unspecified atom stereocenters. The summed E-state index contributed by atoms with van der Waals surface area (Å²) in [6.07, 6.45) is 0.957. The summed E-state index contributed by atoms with van der Waals surface area (Å²) in [6, 6.07) is 3.66. The van der Waals surface area contributed by atoms with Crippen molar-refractivity contribution in [2.75, 3.05) is 22.4 Å². The average Bonchev–Trinajstić information content (AvgIpc) is 2.25. The SMILES string of the molecule is CS(=O)(=O)N1CC(=O)Nc2cc(OC(F)F)ccc21. The monoisotopic (exact) mass is 292 g/mol. The number of carbonyl (C=O) groups excluding carboxylic acids is 1. The lowest BCUT2D eigenvalue weighted by molar-refractivity contribution is -0.115. The summed E-state index contributed by atoms with van der Waals surface area (Å²) < 4.78 is 52.3. The largest absolute Gasteiger partial charge is 0.435 e. The third-order valence-corrected chi connectivity index (χ3v) is 3.55. The van der Waals surface area contributed by atoms with E-state index in [2.05, 4.69) is 10.1 Å². The highest BCUT2D eigenvalue weighted by atomic mass is 32.2. The maximum absolute atomic E-state index is 12.1. The summed E-state index contributed by atoms with van der Waals surface area (Å²) in [5, 5.41) is 2.41. The van der Waals surface area contributed by atoms with E-state index < -0.39 is 22.5 Å². The van der Waals surface area contributed by atoms with Crippen LogP contribution >= 0.6 is 0 Å². The zero-order valence-corrected chi connectivity index (χ0v) is 10.6. The van der Waals surface area contributed by atoms with Gasteiger partial charge in [0.2, 0.25) is 15.9 Å². The minimum Gasteiger partial charge on any atom is -0.435 e. The van der Waals surface area contributed by atoms with E-state index in [1.54, 1.807) is 0 Å². The molecule has 0 saturated carbocycles. The van der Waals surface area contributed by atoms with Crippen molar-refractivity contribution in [3.8, 4) is 5.75 Å². The number of sulfonamides is 1. The van der Waals surface area contributed by atoms with Gasteiger partial charge in [0.25, 0.3) is 0 Å². The fourth-order valence-corrected chi connectivity index (χ4v) is 2.58. The van der Waals surface area contributed by atoms with Crippen LogP contribution in [0.2, 0.25) is 0 Å². The number of alkyl halides is 2. The molecule has 9 heteroatoms. The van der Waals surface area contributed by atoms with Crippen LogP contribution in [0.5, 0.6) is 5.75 Å². The molecule has 1 aliphatic rings. The Morgan fingerprint density at radius 1 is 1.42 bits per heavy atom. The van der Waals surface area contributed by atoms with Crippen molar-refractivity contribution in [1.82, 2.24) is 0 Å². The van der Waals surface area contributed by atoms with E-state index in [4.69, 9.17) is 0 Å². The third kappa shape index (κ3) is 2.92.